The summed E-state index contributed by atoms with van der Waals surface area (Å²) in [7, 11) is -0.812. The molecule has 0 saturated carbocycles. The van der Waals surface area contributed by atoms with Gasteiger partial charge in [-0.15, -0.1) is 0 Å². The first-order valence-corrected chi connectivity index (χ1v) is 7.67. The molecule has 0 heterocycles. The lowest BCUT2D eigenvalue weighted by Gasteiger charge is -2.20. The van der Waals surface area contributed by atoms with Gasteiger partial charge in [-0.1, -0.05) is 37.3 Å². The molecule has 0 aliphatic heterocycles. The lowest BCUT2D eigenvalue weighted by atomic mass is 10.2. The summed E-state index contributed by atoms with van der Waals surface area (Å²) >= 11 is 0. The molecule has 0 aliphatic rings. The fraction of sp³-hybridized carbons (Fsp3) is 0.571. The molecule has 0 saturated heterocycles. The smallest absolute Gasteiger partial charge is 0.0488 e. The molecule has 1 N–H and O–H groups in total. The molecule has 1 rings (SSSR count). The Balaban J connectivity index is 2.47. The summed E-state index contributed by atoms with van der Waals surface area (Å²) in [6.45, 7) is 7.31. The van der Waals surface area contributed by atoms with Crippen molar-refractivity contribution in [3.8, 4) is 0 Å². The van der Waals surface area contributed by atoms with E-state index in [0.29, 0.717) is 11.8 Å². The first-order chi connectivity index (χ1) is 8.15. The van der Waals surface area contributed by atoms with E-state index in [4.69, 9.17) is 0 Å². The average molecular weight is 253 g/mol. The molecule has 96 valence electrons. The van der Waals surface area contributed by atoms with Crippen LogP contribution in [0.1, 0.15) is 32.8 Å². The van der Waals surface area contributed by atoms with Crippen LogP contribution < -0.4 is 5.32 Å². The van der Waals surface area contributed by atoms with E-state index >= 15 is 0 Å². The molecule has 0 fully saturated rings. The zero-order valence-electron chi connectivity index (χ0n) is 11.0. The SMILES string of the molecule is CCCNC(C)C(C)S(=O)Cc1ccccc1. The van der Waals surface area contributed by atoms with E-state index in [1.54, 1.807) is 0 Å². The van der Waals surface area contributed by atoms with Crippen LogP contribution in [0.2, 0.25) is 0 Å². The predicted molar refractivity (Wildman–Crippen MR) is 75.5 cm³/mol. The fourth-order valence-corrected chi connectivity index (χ4v) is 2.97. The molecule has 3 unspecified atom stereocenters. The molecule has 1 aromatic carbocycles. The zero-order valence-corrected chi connectivity index (χ0v) is 11.8. The summed E-state index contributed by atoms with van der Waals surface area (Å²) in [5.41, 5.74) is 1.15. The quantitative estimate of drug-likeness (QED) is 0.809. The summed E-state index contributed by atoms with van der Waals surface area (Å²) in [6.07, 6.45) is 1.11. The van der Waals surface area contributed by atoms with Gasteiger partial charge in [-0.3, -0.25) is 4.21 Å². The van der Waals surface area contributed by atoms with Crippen LogP contribution in [0, 0.1) is 0 Å². The molecule has 0 aromatic heterocycles. The first-order valence-electron chi connectivity index (χ1n) is 6.29. The van der Waals surface area contributed by atoms with Crippen LogP contribution in [0.3, 0.4) is 0 Å². The van der Waals surface area contributed by atoms with Gasteiger partial charge in [0.15, 0.2) is 0 Å². The number of hydrogen-bond acceptors (Lipinski definition) is 2. The Morgan fingerprint density at radius 1 is 1.24 bits per heavy atom. The van der Waals surface area contributed by atoms with Gasteiger partial charge in [0.1, 0.15) is 0 Å². The highest BCUT2D eigenvalue weighted by molar-refractivity contribution is 7.84. The van der Waals surface area contributed by atoms with Crippen molar-refractivity contribution in [1.29, 1.82) is 0 Å². The maximum atomic E-state index is 12.2. The average Bonchev–Trinajstić information content (AvgIpc) is 2.36. The van der Waals surface area contributed by atoms with Gasteiger partial charge >= 0.3 is 0 Å². The second-order valence-electron chi connectivity index (χ2n) is 4.46. The third-order valence-electron chi connectivity index (χ3n) is 2.99. The molecule has 0 spiro atoms. The first kappa shape index (κ1) is 14.4. The Morgan fingerprint density at radius 3 is 2.47 bits per heavy atom. The van der Waals surface area contributed by atoms with Gasteiger partial charge in [0, 0.05) is 27.8 Å². The summed E-state index contributed by atoms with van der Waals surface area (Å²) in [6, 6.07) is 10.4. The largest absolute Gasteiger partial charge is 0.313 e. The van der Waals surface area contributed by atoms with Crippen LogP contribution in [0.15, 0.2) is 30.3 Å². The molecule has 3 atom stereocenters. The standard InChI is InChI=1S/C14H23NOS/c1-4-10-15-12(2)13(3)17(16)11-14-8-6-5-7-9-14/h5-9,12-13,15H,4,10-11H2,1-3H3. The Labute approximate surface area is 107 Å². The van der Waals surface area contributed by atoms with Crippen molar-refractivity contribution in [3.63, 3.8) is 0 Å². The Kier molecular flexibility index (Phi) is 6.45. The fourth-order valence-electron chi connectivity index (χ4n) is 1.64. The van der Waals surface area contributed by atoms with E-state index in [9.17, 15) is 4.21 Å². The van der Waals surface area contributed by atoms with Gasteiger partial charge in [-0.2, -0.15) is 0 Å². The van der Waals surface area contributed by atoms with Gasteiger partial charge in [-0.05, 0) is 32.4 Å². The van der Waals surface area contributed by atoms with Gasteiger partial charge in [-0.25, -0.2) is 0 Å². The molecule has 0 radical (unpaired) electrons. The second kappa shape index (κ2) is 7.62. The van der Waals surface area contributed by atoms with Gasteiger partial charge in [0.2, 0.25) is 0 Å². The predicted octanol–water partition coefficient (Wildman–Crippen LogP) is 2.71. The number of hydrogen-bond donors (Lipinski definition) is 1. The molecule has 2 nitrogen and oxygen atoms in total. The minimum Gasteiger partial charge on any atom is -0.313 e. The van der Waals surface area contributed by atoms with Crippen molar-refractivity contribution in [2.24, 2.45) is 0 Å². The summed E-state index contributed by atoms with van der Waals surface area (Å²) in [5, 5.41) is 3.59. The van der Waals surface area contributed by atoms with Gasteiger partial charge in [0.05, 0.1) is 0 Å². The molecule has 0 amide bonds. The Bertz CT molecular complexity index is 339. The van der Waals surface area contributed by atoms with Crippen LogP contribution in [0.25, 0.3) is 0 Å². The highest BCUT2D eigenvalue weighted by Gasteiger charge is 2.18. The van der Waals surface area contributed by atoms with Crippen LogP contribution in [-0.2, 0) is 16.6 Å². The van der Waals surface area contributed by atoms with Crippen molar-refractivity contribution in [3.05, 3.63) is 35.9 Å². The normalized spacial score (nSPS) is 16.4. The molecule has 1 aromatic rings. The van der Waals surface area contributed by atoms with Crippen molar-refractivity contribution < 1.29 is 4.21 Å². The highest BCUT2D eigenvalue weighted by atomic mass is 32.2. The minimum atomic E-state index is -0.812. The number of nitrogens with one attached hydrogen (secondary N) is 1. The van der Waals surface area contributed by atoms with Crippen LogP contribution in [0.5, 0.6) is 0 Å². The lowest BCUT2D eigenvalue weighted by Crippen LogP contribution is -2.38. The minimum absolute atomic E-state index is 0.182. The van der Waals surface area contributed by atoms with E-state index in [1.165, 1.54) is 0 Å². The van der Waals surface area contributed by atoms with Crippen LogP contribution in [0.4, 0.5) is 0 Å². The third kappa shape index (κ3) is 5.00. The highest BCUT2D eigenvalue weighted by Crippen LogP contribution is 2.09. The lowest BCUT2D eigenvalue weighted by molar-refractivity contribution is 0.531. The summed E-state index contributed by atoms with van der Waals surface area (Å²) in [5.74, 6) is 0.653. The van der Waals surface area contributed by atoms with Crippen LogP contribution in [-0.4, -0.2) is 22.0 Å². The van der Waals surface area contributed by atoms with Crippen molar-refractivity contribution in [2.45, 2.75) is 44.2 Å². The van der Waals surface area contributed by atoms with Gasteiger partial charge < -0.3 is 5.32 Å². The maximum absolute atomic E-state index is 12.2. The Morgan fingerprint density at radius 2 is 1.88 bits per heavy atom. The Hall–Kier alpha value is -0.670. The maximum Gasteiger partial charge on any atom is 0.0488 e. The molecule has 0 bridgehead atoms. The van der Waals surface area contributed by atoms with Crippen molar-refractivity contribution in [1.82, 2.24) is 5.32 Å². The van der Waals surface area contributed by atoms with Crippen molar-refractivity contribution >= 4 is 10.8 Å². The number of benzene rings is 1. The van der Waals surface area contributed by atoms with Crippen molar-refractivity contribution in [2.75, 3.05) is 6.54 Å². The summed E-state index contributed by atoms with van der Waals surface area (Å²) in [4.78, 5) is 0. The zero-order chi connectivity index (χ0) is 12.7. The van der Waals surface area contributed by atoms with E-state index < -0.39 is 10.8 Å². The van der Waals surface area contributed by atoms with E-state index in [-0.39, 0.29) is 5.25 Å². The molecule has 17 heavy (non-hydrogen) atoms. The van der Waals surface area contributed by atoms with E-state index in [2.05, 4.69) is 26.1 Å². The summed E-state index contributed by atoms with van der Waals surface area (Å²) < 4.78 is 12.2. The molecule has 3 heteroatoms. The topological polar surface area (TPSA) is 29.1 Å². The second-order valence-corrected chi connectivity index (χ2v) is 6.25. The van der Waals surface area contributed by atoms with Gasteiger partial charge in [0.25, 0.3) is 0 Å². The molecule has 0 aliphatic carbocycles. The van der Waals surface area contributed by atoms with E-state index in [0.717, 1.165) is 18.5 Å². The third-order valence-corrected chi connectivity index (χ3v) is 4.84. The van der Waals surface area contributed by atoms with E-state index in [1.807, 2.05) is 30.3 Å². The molecular formula is C14H23NOS. The number of rotatable bonds is 7. The van der Waals surface area contributed by atoms with Crippen LogP contribution >= 0.6 is 0 Å². The monoisotopic (exact) mass is 253 g/mol. The molecular weight excluding hydrogens is 230 g/mol.